The van der Waals surface area contributed by atoms with E-state index in [1.807, 2.05) is 72.8 Å². The number of para-hydroxylation sites is 1. The van der Waals surface area contributed by atoms with Crippen LogP contribution in [0.4, 0.5) is 14.9 Å². The number of piperidine rings is 2. The Morgan fingerprint density at radius 3 is 2.05 bits per heavy atom. The third kappa shape index (κ3) is 7.24. The summed E-state index contributed by atoms with van der Waals surface area (Å²) >= 11 is 0. The molecule has 2 aliphatic rings. The lowest BCUT2D eigenvalue weighted by Gasteiger charge is -2.32. The minimum absolute atomic E-state index is 0.114. The second kappa shape index (κ2) is 13.2. The summed E-state index contributed by atoms with van der Waals surface area (Å²) < 4.78 is 21.1. The van der Waals surface area contributed by atoms with Gasteiger partial charge in [0, 0.05) is 49.5 Å². The fourth-order valence-corrected chi connectivity index (χ4v) is 5.62. The number of halogens is 1. The number of nitrogens with zero attached hydrogens (tertiary/aromatic N) is 2. The second-order valence-corrected chi connectivity index (χ2v) is 10.7. The highest BCUT2D eigenvalue weighted by Gasteiger charge is 2.25. The van der Waals surface area contributed by atoms with Crippen molar-refractivity contribution in [3.63, 3.8) is 0 Å². The normalized spacial score (nSPS) is 17.7. The van der Waals surface area contributed by atoms with E-state index in [-0.39, 0.29) is 18.5 Å². The molecule has 206 valence electrons. The van der Waals surface area contributed by atoms with E-state index in [2.05, 4.69) is 15.1 Å². The van der Waals surface area contributed by atoms with E-state index in [1.54, 1.807) is 0 Å². The quantitative estimate of drug-likeness (QED) is 0.378. The first-order valence-corrected chi connectivity index (χ1v) is 14.0. The molecule has 2 fully saturated rings. The van der Waals surface area contributed by atoms with Crippen LogP contribution in [0, 0.1) is 11.7 Å². The Labute approximate surface area is 230 Å². The highest BCUT2D eigenvalue weighted by molar-refractivity contribution is 5.91. The van der Waals surface area contributed by atoms with Crippen molar-refractivity contribution in [1.82, 2.24) is 9.80 Å². The van der Waals surface area contributed by atoms with Crippen LogP contribution >= 0.6 is 0 Å². The predicted molar refractivity (Wildman–Crippen MR) is 152 cm³/mol. The number of carbonyl (C=O) groups is 1. The highest BCUT2D eigenvalue weighted by Crippen LogP contribution is 2.28. The zero-order chi connectivity index (χ0) is 27.0. The average Bonchev–Trinajstić information content (AvgIpc) is 2.97. The summed E-state index contributed by atoms with van der Waals surface area (Å²) in [7, 11) is 0. The lowest BCUT2D eigenvalue weighted by Crippen LogP contribution is -2.38. The summed E-state index contributed by atoms with van der Waals surface area (Å²) in [6.45, 7) is 4.69. The number of hydrogen-bond donors (Lipinski definition) is 2. The fourth-order valence-electron chi connectivity index (χ4n) is 5.62. The van der Waals surface area contributed by atoms with Crippen molar-refractivity contribution in [2.75, 3.05) is 38.1 Å². The van der Waals surface area contributed by atoms with E-state index in [0.29, 0.717) is 24.6 Å². The number of benzene rings is 3. The molecule has 2 aliphatic heterocycles. The molecule has 3 aromatic rings. The van der Waals surface area contributed by atoms with E-state index in [9.17, 15) is 9.90 Å². The van der Waals surface area contributed by atoms with Crippen molar-refractivity contribution in [2.45, 2.75) is 44.9 Å². The van der Waals surface area contributed by atoms with Gasteiger partial charge in [-0.3, -0.25) is 15.1 Å². The van der Waals surface area contributed by atoms with Crippen LogP contribution in [0.25, 0.3) is 11.1 Å². The number of aliphatic hydroxyl groups is 1. The van der Waals surface area contributed by atoms with E-state index in [1.165, 1.54) is 0 Å². The van der Waals surface area contributed by atoms with Crippen LogP contribution in [0.3, 0.4) is 0 Å². The van der Waals surface area contributed by atoms with Crippen molar-refractivity contribution in [2.24, 2.45) is 5.92 Å². The lowest BCUT2D eigenvalue weighted by molar-refractivity contribution is 0.0563. The van der Waals surface area contributed by atoms with E-state index in [4.69, 9.17) is 4.74 Å². The van der Waals surface area contributed by atoms with Gasteiger partial charge in [-0.1, -0.05) is 66.7 Å². The van der Waals surface area contributed by atoms with Gasteiger partial charge in [0.1, 0.15) is 11.9 Å². The van der Waals surface area contributed by atoms with Gasteiger partial charge in [0.25, 0.3) is 0 Å². The Hall–Kier alpha value is -3.26. The molecular formula is C32H38FN3O3. The number of likely N-dealkylation sites (tertiary alicyclic amines) is 2. The van der Waals surface area contributed by atoms with Gasteiger partial charge in [-0.15, -0.1) is 0 Å². The third-order valence-corrected chi connectivity index (χ3v) is 7.97. The van der Waals surface area contributed by atoms with Crippen molar-refractivity contribution in [3.05, 3.63) is 89.7 Å². The number of carbonyl (C=O) groups excluding carboxylic acids is 1. The summed E-state index contributed by atoms with van der Waals surface area (Å²) in [5.41, 5.74) is 4.15. The van der Waals surface area contributed by atoms with Gasteiger partial charge in [-0.2, -0.15) is 0 Å². The zero-order valence-electron chi connectivity index (χ0n) is 22.4. The number of aliphatic hydroxyl groups excluding tert-OH is 1. The van der Waals surface area contributed by atoms with E-state index in [0.717, 1.165) is 74.2 Å². The molecule has 0 radical (unpaired) electrons. The third-order valence-electron chi connectivity index (χ3n) is 7.97. The molecule has 2 saturated heterocycles. The molecule has 0 atom stereocenters. The van der Waals surface area contributed by atoms with Crippen molar-refractivity contribution >= 4 is 11.8 Å². The molecule has 0 unspecified atom stereocenters. The molecule has 6 nitrogen and oxygen atoms in total. The van der Waals surface area contributed by atoms with E-state index >= 15 is 4.39 Å². The Balaban J connectivity index is 1.10. The molecule has 0 spiro atoms. The van der Waals surface area contributed by atoms with Crippen LogP contribution in [-0.2, 0) is 17.8 Å². The molecule has 3 aromatic carbocycles. The number of nitrogens with one attached hydrogen (secondary N) is 1. The predicted octanol–water partition coefficient (Wildman–Crippen LogP) is 5.91. The first-order chi connectivity index (χ1) is 19.1. The molecule has 2 heterocycles. The molecule has 0 bridgehead atoms. The number of rotatable bonds is 8. The summed E-state index contributed by atoms with van der Waals surface area (Å²) in [4.78, 5) is 17.2. The minimum Gasteiger partial charge on any atom is -0.446 e. The molecule has 2 N–H and O–H groups in total. The Bertz CT molecular complexity index is 1220. The Kier molecular flexibility index (Phi) is 9.24. The zero-order valence-corrected chi connectivity index (χ0v) is 22.4. The molecule has 5 rings (SSSR count). The van der Waals surface area contributed by atoms with E-state index < -0.39 is 6.09 Å². The van der Waals surface area contributed by atoms with Crippen molar-refractivity contribution in [3.8, 4) is 11.1 Å². The Morgan fingerprint density at radius 2 is 1.41 bits per heavy atom. The summed E-state index contributed by atoms with van der Waals surface area (Å²) in [5.74, 6) is 0.261. The monoisotopic (exact) mass is 531 g/mol. The molecular weight excluding hydrogens is 493 g/mol. The second-order valence-electron chi connectivity index (χ2n) is 10.7. The van der Waals surface area contributed by atoms with Crippen LogP contribution < -0.4 is 5.32 Å². The average molecular weight is 532 g/mol. The van der Waals surface area contributed by atoms with Crippen LogP contribution in [-0.4, -0.2) is 59.9 Å². The van der Waals surface area contributed by atoms with Crippen molar-refractivity contribution in [1.29, 1.82) is 0 Å². The fraction of sp³-hybridized carbons (Fsp3) is 0.406. The molecule has 39 heavy (non-hydrogen) atoms. The number of anilines is 1. The van der Waals surface area contributed by atoms with Crippen LogP contribution in [0.1, 0.15) is 36.8 Å². The van der Waals surface area contributed by atoms with Gasteiger partial charge in [0.15, 0.2) is 0 Å². The van der Waals surface area contributed by atoms with Gasteiger partial charge in [-0.05, 0) is 56.3 Å². The first kappa shape index (κ1) is 27.3. The smallest absolute Gasteiger partial charge is 0.411 e. The number of hydrogen-bond acceptors (Lipinski definition) is 5. The van der Waals surface area contributed by atoms with Gasteiger partial charge in [0.05, 0.1) is 5.69 Å². The van der Waals surface area contributed by atoms with Gasteiger partial charge < -0.3 is 9.84 Å². The maximum atomic E-state index is 15.4. The molecule has 0 aromatic heterocycles. The summed E-state index contributed by atoms with van der Waals surface area (Å²) in [6, 6.07) is 23.4. The summed E-state index contributed by atoms with van der Waals surface area (Å²) in [6.07, 6.45) is 2.75. The molecule has 7 heteroatoms. The molecule has 0 aliphatic carbocycles. The lowest BCUT2D eigenvalue weighted by atomic mass is 9.97. The standard InChI is InChI=1S/C32H38FN3O3/c33-31-26(21-35-17-13-24(23-37)14-18-35)9-6-10-27(31)22-36-19-15-28(16-20-36)39-32(38)34-30-12-5-4-11-29(30)25-7-2-1-3-8-25/h1-12,24,28,37H,13-23H2,(H,34,38). The van der Waals surface area contributed by atoms with Gasteiger partial charge in [0.2, 0.25) is 0 Å². The van der Waals surface area contributed by atoms with Gasteiger partial charge >= 0.3 is 6.09 Å². The molecule has 0 saturated carbocycles. The van der Waals surface area contributed by atoms with Crippen LogP contribution in [0.5, 0.6) is 0 Å². The van der Waals surface area contributed by atoms with Crippen LogP contribution in [0.2, 0.25) is 0 Å². The van der Waals surface area contributed by atoms with Crippen molar-refractivity contribution < 1.29 is 19.0 Å². The number of ether oxygens (including phenoxy) is 1. The minimum atomic E-state index is -0.446. The largest absolute Gasteiger partial charge is 0.446 e. The topological polar surface area (TPSA) is 65.0 Å². The first-order valence-electron chi connectivity index (χ1n) is 14.0. The Morgan fingerprint density at radius 1 is 0.821 bits per heavy atom. The maximum Gasteiger partial charge on any atom is 0.411 e. The van der Waals surface area contributed by atoms with Gasteiger partial charge in [-0.25, -0.2) is 9.18 Å². The summed E-state index contributed by atoms with van der Waals surface area (Å²) in [5, 5.41) is 12.3. The van der Waals surface area contributed by atoms with Crippen LogP contribution in [0.15, 0.2) is 72.8 Å². The number of amides is 1. The SMILES string of the molecule is O=C(Nc1ccccc1-c1ccccc1)OC1CCN(Cc2cccc(CN3CCC(CO)CC3)c2F)CC1. The highest BCUT2D eigenvalue weighted by atomic mass is 19.1. The molecule has 1 amide bonds. The maximum absolute atomic E-state index is 15.4.